The molecule has 0 bridgehead atoms. The minimum absolute atomic E-state index is 0.0439. The lowest BCUT2D eigenvalue weighted by Gasteiger charge is -2.13. The monoisotopic (exact) mass is 378 g/mol. The Bertz CT molecular complexity index is 864. The number of amides is 1. The van der Waals surface area contributed by atoms with Crippen LogP contribution in [0.2, 0.25) is 0 Å². The molecular formula is C18H22N2O5S. The van der Waals surface area contributed by atoms with Crippen molar-refractivity contribution in [2.24, 2.45) is 0 Å². The lowest BCUT2D eigenvalue weighted by atomic mass is 10.2. The van der Waals surface area contributed by atoms with Crippen LogP contribution >= 0.6 is 0 Å². The van der Waals surface area contributed by atoms with Crippen LogP contribution in [0, 0.1) is 0 Å². The Kier molecular flexibility index (Phi) is 6.46. The highest BCUT2D eigenvalue weighted by molar-refractivity contribution is 7.92. The number of carbonyl (C=O) groups excluding carboxylic acids is 1. The fourth-order valence-electron chi connectivity index (χ4n) is 2.21. The van der Waals surface area contributed by atoms with Crippen LogP contribution in [0.1, 0.15) is 23.7 Å². The zero-order valence-corrected chi connectivity index (χ0v) is 15.7. The molecule has 2 aromatic carbocycles. The van der Waals surface area contributed by atoms with Crippen molar-refractivity contribution in [2.75, 3.05) is 25.5 Å². The molecule has 0 atom stereocenters. The summed E-state index contributed by atoms with van der Waals surface area (Å²) in [6, 6.07) is 10.5. The molecule has 2 rings (SSSR count). The minimum atomic E-state index is -3.83. The van der Waals surface area contributed by atoms with Gasteiger partial charge in [-0.05, 0) is 42.8 Å². The Labute approximate surface area is 153 Å². The molecule has 0 aliphatic rings. The van der Waals surface area contributed by atoms with Crippen LogP contribution in [0.3, 0.4) is 0 Å². The van der Waals surface area contributed by atoms with Crippen LogP contribution in [0.4, 0.5) is 5.69 Å². The summed E-state index contributed by atoms with van der Waals surface area (Å²) in [5.41, 5.74) is 0.692. The van der Waals surface area contributed by atoms with E-state index in [4.69, 9.17) is 9.47 Å². The highest BCUT2D eigenvalue weighted by Crippen LogP contribution is 2.30. The Morgan fingerprint density at radius 2 is 1.73 bits per heavy atom. The quantitative estimate of drug-likeness (QED) is 0.736. The van der Waals surface area contributed by atoms with E-state index in [1.165, 1.54) is 38.5 Å². The molecule has 0 heterocycles. The number of benzene rings is 2. The molecule has 2 N–H and O–H groups in total. The third kappa shape index (κ3) is 4.66. The predicted molar refractivity (Wildman–Crippen MR) is 99.4 cm³/mol. The average Bonchev–Trinajstić information content (AvgIpc) is 2.66. The van der Waals surface area contributed by atoms with Crippen molar-refractivity contribution in [1.29, 1.82) is 0 Å². The number of nitrogens with one attached hydrogen (secondary N) is 2. The molecule has 0 aliphatic carbocycles. The maximum absolute atomic E-state index is 12.6. The van der Waals surface area contributed by atoms with E-state index in [9.17, 15) is 13.2 Å². The van der Waals surface area contributed by atoms with Crippen molar-refractivity contribution in [2.45, 2.75) is 18.2 Å². The maximum Gasteiger partial charge on any atom is 0.262 e. The number of ether oxygens (including phenoxy) is 2. The molecule has 8 heteroatoms. The van der Waals surface area contributed by atoms with Gasteiger partial charge in [-0.3, -0.25) is 9.52 Å². The molecule has 0 saturated heterocycles. The Hall–Kier alpha value is -2.74. The third-order valence-electron chi connectivity index (χ3n) is 3.62. The summed E-state index contributed by atoms with van der Waals surface area (Å²) >= 11 is 0. The van der Waals surface area contributed by atoms with Gasteiger partial charge in [0.25, 0.3) is 15.9 Å². The summed E-state index contributed by atoms with van der Waals surface area (Å²) in [6.45, 7) is 2.52. The van der Waals surface area contributed by atoms with Gasteiger partial charge in [0, 0.05) is 18.2 Å². The highest BCUT2D eigenvalue weighted by Gasteiger charge is 2.17. The fourth-order valence-corrected chi connectivity index (χ4v) is 3.28. The number of anilines is 1. The molecule has 7 nitrogen and oxygen atoms in total. The van der Waals surface area contributed by atoms with Crippen LogP contribution < -0.4 is 19.5 Å². The zero-order chi connectivity index (χ0) is 19.2. The smallest absolute Gasteiger partial charge is 0.262 e. The van der Waals surface area contributed by atoms with Gasteiger partial charge >= 0.3 is 0 Å². The first-order valence-electron chi connectivity index (χ1n) is 8.04. The van der Waals surface area contributed by atoms with Crippen molar-refractivity contribution in [3.05, 3.63) is 48.0 Å². The normalized spacial score (nSPS) is 10.9. The molecule has 26 heavy (non-hydrogen) atoms. The topological polar surface area (TPSA) is 93.7 Å². The number of sulfonamides is 1. The van der Waals surface area contributed by atoms with Gasteiger partial charge in [0.2, 0.25) is 0 Å². The summed E-state index contributed by atoms with van der Waals surface area (Å²) < 4.78 is 37.9. The summed E-state index contributed by atoms with van der Waals surface area (Å²) in [5.74, 6) is 0.649. The molecule has 0 fully saturated rings. The number of hydrogen-bond acceptors (Lipinski definition) is 5. The van der Waals surface area contributed by atoms with Crippen molar-refractivity contribution >= 4 is 21.6 Å². The molecule has 0 aromatic heterocycles. The van der Waals surface area contributed by atoms with Crippen LogP contribution in [0.5, 0.6) is 11.5 Å². The number of carbonyl (C=O) groups is 1. The fraction of sp³-hybridized carbons (Fsp3) is 0.278. The Morgan fingerprint density at radius 1 is 1.04 bits per heavy atom. The number of rotatable bonds is 8. The standard InChI is InChI=1S/C18H22N2O5S/c1-4-11-19-18(21)13-5-8-15(9-6-13)26(22,23)20-16-10-7-14(24-2)12-17(16)25-3/h5-10,12,20H,4,11H2,1-3H3,(H,19,21). The summed E-state index contributed by atoms with van der Waals surface area (Å²) in [5, 5.41) is 2.74. The second-order valence-electron chi connectivity index (χ2n) is 5.45. The second-order valence-corrected chi connectivity index (χ2v) is 7.13. The molecule has 0 radical (unpaired) electrons. The summed E-state index contributed by atoms with van der Waals surface area (Å²) in [4.78, 5) is 11.9. The van der Waals surface area contributed by atoms with E-state index < -0.39 is 10.0 Å². The predicted octanol–water partition coefficient (Wildman–Crippen LogP) is 2.64. The lowest BCUT2D eigenvalue weighted by molar-refractivity contribution is 0.0953. The van der Waals surface area contributed by atoms with E-state index in [0.29, 0.717) is 23.6 Å². The van der Waals surface area contributed by atoms with Gasteiger partial charge in [-0.15, -0.1) is 0 Å². The molecule has 0 aliphatic heterocycles. The lowest BCUT2D eigenvalue weighted by Crippen LogP contribution is -2.24. The van der Waals surface area contributed by atoms with E-state index in [2.05, 4.69) is 10.0 Å². The van der Waals surface area contributed by atoms with E-state index >= 15 is 0 Å². The molecule has 0 spiro atoms. The first kappa shape index (κ1) is 19.6. The molecule has 0 unspecified atom stereocenters. The van der Waals surface area contributed by atoms with E-state index in [0.717, 1.165) is 6.42 Å². The summed E-state index contributed by atoms with van der Waals surface area (Å²) in [7, 11) is -0.876. The maximum atomic E-state index is 12.6. The van der Waals surface area contributed by atoms with E-state index in [-0.39, 0.29) is 16.5 Å². The molecule has 1 amide bonds. The van der Waals surface area contributed by atoms with Crippen LogP contribution in [0.15, 0.2) is 47.4 Å². The van der Waals surface area contributed by atoms with Crippen molar-refractivity contribution in [3.63, 3.8) is 0 Å². The molecular weight excluding hydrogens is 356 g/mol. The van der Waals surface area contributed by atoms with E-state index in [1.54, 1.807) is 18.2 Å². The number of hydrogen-bond donors (Lipinski definition) is 2. The summed E-state index contributed by atoms with van der Waals surface area (Å²) in [6.07, 6.45) is 0.825. The van der Waals surface area contributed by atoms with Gasteiger partial charge in [0.05, 0.1) is 24.8 Å². The average molecular weight is 378 g/mol. The zero-order valence-electron chi connectivity index (χ0n) is 14.9. The molecule has 0 saturated carbocycles. The highest BCUT2D eigenvalue weighted by atomic mass is 32.2. The first-order valence-corrected chi connectivity index (χ1v) is 9.52. The van der Waals surface area contributed by atoms with Gasteiger partial charge in [0.15, 0.2) is 0 Å². The number of methoxy groups -OCH3 is 2. The minimum Gasteiger partial charge on any atom is -0.497 e. The van der Waals surface area contributed by atoms with Gasteiger partial charge in [-0.25, -0.2) is 8.42 Å². The first-order chi connectivity index (χ1) is 12.4. The molecule has 140 valence electrons. The van der Waals surface area contributed by atoms with Crippen molar-refractivity contribution in [3.8, 4) is 11.5 Å². The largest absolute Gasteiger partial charge is 0.497 e. The van der Waals surface area contributed by atoms with Gasteiger partial charge in [-0.1, -0.05) is 6.92 Å². The third-order valence-corrected chi connectivity index (χ3v) is 5.00. The van der Waals surface area contributed by atoms with Gasteiger partial charge < -0.3 is 14.8 Å². The van der Waals surface area contributed by atoms with Crippen molar-refractivity contribution < 1.29 is 22.7 Å². The second kappa shape index (κ2) is 8.57. The molecule has 2 aromatic rings. The van der Waals surface area contributed by atoms with Crippen LogP contribution in [-0.2, 0) is 10.0 Å². The van der Waals surface area contributed by atoms with Crippen LogP contribution in [0.25, 0.3) is 0 Å². The van der Waals surface area contributed by atoms with E-state index in [1.807, 2.05) is 6.92 Å². The van der Waals surface area contributed by atoms with Gasteiger partial charge in [0.1, 0.15) is 11.5 Å². The van der Waals surface area contributed by atoms with Gasteiger partial charge in [-0.2, -0.15) is 0 Å². The Morgan fingerprint density at radius 3 is 2.31 bits per heavy atom. The van der Waals surface area contributed by atoms with Crippen molar-refractivity contribution in [1.82, 2.24) is 5.32 Å². The Balaban J connectivity index is 2.21. The SMILES string of the molecule is CCCNC(=O)c1ccc(S(=O)(=O)Nc2ccc(OC)cc2OC)cc1. The van der Waals surface area contributed by atoms with Crippen LogP contribution in [-0.4, -0.2) is 35.1 Å².